The van der Waals surface area contributed by atoms with E-state index >= 15 is 0 Å². The Morgan fingerprint density at radius 3 is 2.21 bits per heavy atom. The van der Waals surface area contributed by atoms with Gasteiger partial charge in [-0.1, -0.05) is 37.6 Å². The van der Waals surface area contributed by atoms with Crippen LogP contribution in [0.5, 0.6) is 0 Å². The summed E-state index contributed by atoms with van der Waals surface area (Å²) < 4.78 is 26.7. The molecule has 1 amide bonds. The Hall–Kier alpha value is -1.37. The highest BCUT2D eigenvalue weighted by Crippen LogP contribution is 2.26. The Bertz CT molecular complexity index is 713. The number of rotatable bonds is 8. The fraction of sp³-hybridized carbons (Fsp3) is 0.471. The molecule has 0 saturated carbocycles. The third-order valence-electron chi connectivity index (χ3n) is 3.63. The van der Waals surface area contributed by atoms with Crippen LogP contribution in [0.25, 0.3) is 0 Å². The summed E-state index contributed by atoms with van der Waals surface area (Å²) in [7, 11) is -3.73. The number of hydrogen-bond acceptors (Lipinski definition) is 3. The number of likely N-dealkylation sites (N-methyl/N-ethyl adjacent to an activating group) is 1. The molecular formula is C17H25ClN2O3S. The largest absolute Gasteiger partial charge is 0.335 e. The van der Waals surface area contributed by atoms with Crippen molar-refractivity contribution in [3.05, 3.63) is 40.9 Å². The maximum Gasteiger partial charge on any atom is 0.254 e. The first-order chi connectivity index (χ1) is 11.2. The van der Waals surface area contributed by atoms with E-state index in [4.69, 9.17) is 11.6 Å². The van der Waals surface area contributed by atoms with E-state index in [-0.39, 0.29) is 15.8 Å². The van der Waals surface area contributed by atoms with E-state index in [1.54, 1.807) is 24.8 Å². The highest BCUT2D eigenvalue weighted by atomic mass is 35.5. The fourth-order valence-electron chi connectivity index (χ4n) is 2.37. The smallest absolute Gasteiger partial charge is 0.254 e. The zero-order valence-corrected chi connectivity index (χ0v) is 16.2. The standard InChI is InChI=1S/C17H25ClN2O3S/c1-6-19(12-13(4)5)17(21)14-9-10-15(18)16(11-14)24(22,23)20(7-2)8-3/h9-11H,4,6-8,12H2,1-3,5H3. The third-order valence-corrected chi connectivity index (χ3v) is 6.16. The van der Waals surface area contributed by atoms with Gasteiger partial charge in [0.1, 0.15) is 4.90 Å². The summed E-state index contributed by atoms with van der Waals surface area (Å²) in [5, 5.41) is 0.112. The lowest BCUT2D eigenvalue weighted by molar-refractivity contribution is 0.0778. The average Bonchev–Trinajstić information content (AvgIpc) is 2.52. The number of hydrogen-bond donors (Lipinski definition) is 0. The molecular weight excluding hydrogens is 348 g/mol. The van der Waals surface area contributed by atoms with Crippen molar-refractivity contribution < 1.29 is 13.2 Å². The SMILES string of the molecule is C=C(C)CN(CC)C(=O)c1ccc(Cl)c(S(=O)(=O)N(CC)CC)c1. The van der Waals surface area contributed by atoms with Gasteiger partial charge in [0.25, 0.3) is 5.91 Å². The van der Waals surface area contributed by atoms with Gasteiger partial charge in [-0.3, -0.25) is 4.79 Å². The molecule has 7 heteroatoms. The van der Waals surface area contributed by atoms with Crippen LogP contribution in [-0.2, 0) is 10.0 Å². The van der Waals surface area contributed by atoms with Crippen LogP contribution in [0, 0.1) is 0 Å². The molecule has 0 spiro atoms. The molecule has 0 aliphatic heterocycles. The van der Waals surface area contributed by atoms with Crippen molar-refractivity contribution in [2.75, 3.05) is 26.2 Å². The van der Waals surface area contributed by atoms with E-state index < -0.39 is 10.0 Å². The van der Waals surface area contributed by atoms with E-state index in [2.05, 4.69) is 6.58 Å². The first kappa shape index (κ1) is 20.7. The maximum atomic E-state index is 12.7. The molecule has 134 valence electrons. The predicted octanol–water partition coefficient (Wildman–Crippen LogP) is 3.41. The third kappa shape index (κ3) is 4.59. The maximum absolute atomic E-state index is 12.7. The van der Waals surface area contributed by atoms with Crippen molar-refractivity contribution in [3.8, 4) is 0 Å². The average molecular weight is 373 g/mol. The zero-order chi connectivity index (χ0) is 18.5. The predicted molar refractivity (Wildman–Crippen MR) is 98.0 cm³/mol. The van der Waals surface area contributed by atoms with Gasteiger partial charge in [0.2, 0.25) is 10.0 Å². The molecule has 0 radical (unpaired) electrons. The molecule has 0 aromatic heterocycles. The number of nitrogens with zero attached hydrogens (tertiary/aromatic N) is 2. The van der Waals surface area contributed by atoms with Gasteiger partial charge >= 0.3 is 0 Å². The quantitative estimate of drug-likeness (QED) is 0.657. The van der Waals surface area contributed by atoms with Crippen molar-refractivity contribution in [3.63, 3.8) is 0 Å². The Morgan fingerprint density at radius 2 is 1.75 bits per heavy atom. The van der Waals surface area contributed by atoms with Crippen molar-refractivity contribution in [1.82, 2.24) is 9.21 Å². The molecule has 0 N–H and O–H groups in total. The van der Waals surface area contributed by atoms with E-state index in [0.717, 1.165) is 5.57 Å². The molecule has 0 heterocycles. The highest BCUT2D eigenvalue weighted by Gasteiger charge is 2.26. The van der Waals surface area contributed by atoms with Crippen LogP contribution in [0.15, 0.2) is 35.2 Å². The molecule has 0 bridgehead atoms. The van der Waals surface area contributed by atoms with Crippen molar-refractivity contribution in [2.24, 2.45) is 0 Å². The molecule has 0 aliphatic rings. The molecule has 24 heavy (non-hydrogen) atoms. The number of sulfonamides is 1. The summed E-state index contributed by atoms with van der Waals surface area (Å²) in [6.07, 6.45) is 0. The van der Waals surface area contributed by atoms with Crippen molar-refractivity contribution in [2.45, 2.75) is 32.6 Å². The number of halogens is 1. The second kappa shape index (κ2) is 8.65. The lowest BCUT2D eigenvalue weighted by atomic mass is 10.2. The van der Waals surface area contributed by atoms with Crippen LogP contribution in [0.1, 0.15) is 38.1 Å². The van der Waals surface area contributed by atoms with E-state index in [1.807, 2.05) is 13.8 Å². The van der Waals surface area contributed by atoms with Crippen LogP contribution in [0.3, 0.4) is 0 Å². The summed E-state index contributed by atoms with van der Waals surface area (Å²) in [5.74, 6) is -0.242. The molecule has 0 atom stereocenters. The lowest BCUT2D eigenvalue weighted by Crippen LogP contribution is -2.33. The van der Waals surface area contributed by atoms with Gasteiger partial charge in [0.05, 0.1) is 5.02 Å². The van der Waals surface area contributed by atoms with Crippen LogP contribution in [-0.4, -0.2) is 49.7 Å². The number of amides is 1. The van der Waals surface area contributed by atoms with Crippen LogP contribution < -0.4 is 0 Å². The minimum atomic E-state index is -3.73. The van der Waals surface area contributed by atoms with E-state index in [1.165, 1.54) is 16.4 Å². The minimum absolute atomic E-state index is 0.0369. The van der Waals surface area contributed by atoms with Gasteiger partial charge in [-0.2, -0.15) is 4.31 Å². The Kier molecular flexibility index (Phi) is 7.45. The molecule has 0 unspecified atom stereocenters. The van der Waals surface area contributed by atoms with Gasteiger partial charge < -0.3 is 4.90 Å². The van der Waals surface area contributed by atoms with Gasteiger partial charge in [-0.25, -0.2) is 8.42 Å². The van der Waals surface area contributed by atoms with Crippen LogP contribution >= 0.6 is 11.6 Å². The molecule has 1 aromatic rings. The van der Waals surface area contributed by atoms with Gasteiger partial charge in [-0.05, 0) is 32.0 Å². The second-order valence-corrected chi connectivity index (χ2v) is 7.82. The first-order valence-corrected chi connectivity index (χ1v) is 9.74. The number of benzene rings is 1. The van der Waals surface area contributed by atoms with Crippen molar-refractivity contribution >= 4 is 27.5 Å². The topological polar surface area (TPSA) is 57.7 Å². The summed E-state index contributed by atoms with van der Waals surface area (Å²) in [6.45, 7) is 12.7. The van der Waals surface area contributed by atoms with E-state index in [0.29, 0.717) is 31.7 Å². The Labute approximate surface area is 150 Å². The van der Waals surface area contributed by atoms with Gasteiger partial charge in [0.15, 0.2) is 0 Å². The van der Waals surface area contributed by atoms with Gasteiger partial charge in [0, 0.05) is 31.7 Å². The summed E-state index contributed by atoms with van der Waals surface area (Å²) in [6, 6.07) is 4.37. The normalized spacial score (nSPS) is 11.6. The molecule has 0 aliphatic carbocycles. The van der Waals surface area contributed by atoms with Crippen molar-refractivity contribution in [1.29, 1.82) is 0 Å². The Morgan fingerprint density at radius 1 is 1.17 bits per heavy atom. The van der Waals surface area contributed by atoms with Crippen LogP contribution in [0.4, 0.5) is 0 Å². The summed E-state index contributed by atoms with van der Waals surface area (Å²) in [5.41, 5.74) is 1.16. The molecule has 1 aromatic carbocycles. The monoisotopic (exact) mass is 372 g/mol. The van der Waals surface area contributed by atoms with Crippen LogP contribution in [0.2, 0.25) is 5.02 Å². The fourth-order valence-corrected chi connectivity index (χ4v) is 4.33. The highest BCUT2D eigenvalue weighted by molar-refractivity contribution is 7.89. The number of carbonyl (C=O) groups is 1. The zero-order valence-electron chi connectivity index (χ0n) is 14.7. The Balaban J connectivity index is 3.32. The second-order valence-electron chi connectivity index (χ2n) is 5.51. The molecule has 5 nitrogen and oxygen atoms in total. The number of carbonyl (C=O) groups excluding carboxylic acids is 1. The molecule has 1 rings (SSSR count). The minimum Gasteiger partial charge on any atom is -0.335 e. The summed E-state index contributed by atoms with van der Waals surface area (Å²) in [4.78, 5) is 14.2. The first-order valence-electron chi connectivity index (χ1n) is 7.92. The summed E-state index contributed by atoms with van der Waals surface area (Å²) >= 11 is 6.10. The van der Waals surface area contributed by atoms with Gasteiger partial charge in [-0.15, -0.1) is 0 Å². The lowest BCUT2D eigenvalue weighted by Gasteiger charge is -2.22. The van der Waals surface area contributed by atoms with E-state index in [9.17, 15) is 13.2 Å². The molecule has 0 fully saturated rings. The molecule has 0 saturated heterocycles.